The van der Waals surface area contributed by atoms with E-state index >= 15 is 0 Å². The van der Waals surface area contributed by atoms with E-state index in [9.17, 15) is 15.0 Å². The lowest BCUT2D eigenvalue weighted by molar-refractivity contribution is 0.0695. The number of phenols is 1. The lowest BCUT2D eigenvalue weighted by Gasteiger charge is -2.27. The molecule has 0 spiro atoms. The number of rotatable bonds is 5. The summed E-state index contributed by atoms with van der Waals surface area (Å²) < 4.78 is 3.15. The van der Waals surface area contributed by atoms with Crippen LogP contribution >= 0.6 is 27.9 Å². The minimum Gasteiger partial charge on any atom is -0.507 e. The number of anilines is 2. The second-order valence-corrected chi connectivity index (χ2v) is 8.61. The fourth-order valence-corrected chi connectivity index (χ4v) is 4.58. The van der Waals surface area contributed by atoms with Gasteiger partial charge in [0.05, 0.1) is 21.8 Å². The van der Waals surface area contributed by atoms with E-state index in [-0.39, 0.29) is 11.3 Å². The molecule has 1 aromatic heterocycles. The van der Waals surface area contributed by atoms with Gasteiger partial charge < -0.3 is 20.8 Å². The van der Waals surface area contributed by atoms with Gasteiger partial charge in [-0.3, -0.25) is 4.98 Å². The second kappa shape index (κ2) is 8.58. The van der Waals surface area contributed by atoms with Gasteiger partial charge in [0.25, 0.3) is 0 Å². The van der Waals surface area contributed by atoms with Crippen LogP contribution < -0.4 is 10.6 Å². The Kier molecular flexibility index (Phi) is 5.91. The normalized spacial score (nSPS) is 14.8. The quantitative estimate of drug-likeness (QED) is 0.411. The fraction of sp³-hybridized carbons (Fsp3) is 0.200. The number of aromatic hydroxyl groups is 1. The van der Waals surface area contributed by atoms with Gasteiger partial charge in [-0.2, -0.15) is 0 Å². The Morgan fingerprint density at radius 2 is 2.03 bits per heavy atom. The molecule has 9 heteroatoms. The number of fused-ring (bicyclic) bond motifs is 1. The number of nitrogens with one attached hydrogen (secondary N) is 2. The standard InChI is InChI=1S/C20H19BrN4O3S/c21-12-4-5-14-13(10-12)19(17(11-23-14)29-25-8-6-22-7-9-25)24-15-2-1-3-16(26)18(15)20(27)28/h1-5,10-11,22,26H,6-9H2,(H,23,24)(H,27,28). The molecule has 0 aliphatic carbocycles. The predicted molar refractivity (Wildman–Crippen MR) is 118 cm³/mol. The van der Waals surface area contributed by atoms with Crippen LogP contribution in [0.1, 0.15) is 10.4 Å². The van der Waals surface area contributed by atoms with Gasteiger partial charge in [-0.25, -0.2) is 9.10 Å². The van der Waals surface area contributed by atoms with Crippen molar-refractivity contribution in [2.24, 2.45) is 0 Å². The first-order valence-corrected chi connectivity index (χ1v) is 10.6. The summed E-state index contributed by atoms with van der Waals surface area (Å²) in [6.07, 6.45) is 1.80. The van der Waals surface area contributed by atoms with Gasteiger partial charge in [0, 0.05) is 42.2 Å². The van der Waals surface area contributed by atoms with E-state index in [4.69, 9.17) is 0 Å². The molecular weight excluding hydrogens is 456 g/mol. The number of piperazine rings is 1. The zero-order chi connectivity index (χ0) is 20.4. The largest absolute Gasteiger partial charge is 0.507 e. The third kappa shape index (κ3) is 4.32. The van der Waals surface area contributed by atoms with Gasteiger partial charge in [-0.05, 0) is 42.3 Å². The molecule has 1 fully saturated rings. The summed E-state index contributed by atoms with van der Waals surface area (Å²) in [6, 6.07) is 10.4. The number of halogens is 1. The Labute approximate surface area is 180 Å². The van der Waals surface area contributed by atoms with E-state index in [0.29, 0.717) is 5.69 Å². The highest BCUT2D eigenvalue weighted by Crippen LogP contribution is 2.39. The lowest BCUT2D eigenvalue weighted by atomic mass is 10.1. The Morgan fingerprint density at radius 1 is 1.24 bits per heavy atom. The number of carboxylic acid groups (broad SMARTS) is 1. The SMILES string of the molecule is O=C(O)c1c(O)cccc1Nc1c(SN2CCNCC2)cnc2ccc(Br)cc12. The fourth-order valence-electron chi connectivity index (χ4n) is 3.22. The summed E-state index contributed by atoms with van der Waals surface area (Å²) >= 11 is 5.10. The molecule has 0 amide bonds. The van der Waals surface area contributed by atoms with Gasteiger partial charge in [0.1, 0.15) is 11.3 Å². The zero-order valence-electron chi connectivity index (χ0n) is 15.4. The summed E-state index contributed by atoms with van der Waals surface area (Å²) in [5.74, 6) is -1.47. The molecule has 1 aliphatic rings. The molecule has 7 nitrogen and oxygen atoms in total. The molecule has 4 N–H and O–H groups in total. The van der Waals surface area contributed by atoms with Gasteiger partial charge in [-0.15, -0.1) is 0 Å². The van der Waals surface area contributed by atoms with Crippen LogP contribution in [0.3, 0.4) is 0 Å². The van der Waals surface area contributed by atoms with Crippen molar-refractivity contribution in [1.29, 1.82) is 0 Å². The number of benzene rings is 2. The Hall–Kier alpha value is -2.33. The van der Waals surface area contributed by atoms with Crippen LogP contribution in [-0.4, -0.2) is 51.7 Å². The highest BCUT2D eigenvalue weighted by molar-refractivity contribution is 9.10. The number of aromatic carboxylic acids is 1. The van der Waals surface area contributed by atoms with E-state index in [1.807, 2.05) is 18.2 Å². The molecule has 2 aromatic carbocycles. The van der Waals surface area contributed by atoms with E-state index in [1.165, 1.54) is 6.07 Å². The third-order valence-corrected chi connectivity index (χ3v) is 6.24. The molecule has 1 saturated heterocycles. The molecular formula is C20H19BrN4O3S. The van der Waals surface area contributed by atoms with Gasteiger partial charge >= 0.3 is 5.97 Å². The van der Waals surface area contributed by atoms with Crippen molar-refractivity contribution in [3.05, 3.63) is 52.6 Å². The highest BCUT2D eigenvalue weighted by Gasteiger charge is 2.20. The van der Waals surface area contributed by atoms with Crippen LogP contribution in [0.2, 0.25) is 0 Å². The minimum atomic E-state index is -1.19. The van der Waals surface area contributed by atoms with Crippen LogP contribution in [0.4, 0.5) is 11.4 Å². The first-order chi connectivity index (χ1) is 14.0. The van der Waals surface area contributed by atoms with Crippen LogP contribution in [0.15, 0.2) is 52.0 Å². The van der Waals surface area contributed by atoms with E-state index in [0.717, 1.165) is 52.1 Å². The molecule has 2 heterocycles. The first kappa shape index (κ1) is 20.0. The maximum atomic E-state index is 11.7. The first-order valence-electron chi connectivity index (χ1n) is 9.07. The van der Waals surface area contributed by atoms with Crippen molar-refractivity contribution in [3.63, 3.8) is 0 Å². The summed E-state index contributed by atoms with van der Waals surface area (Å²) in [6.45, 7) is 3.62. The second-order valence-electron chi connectivity index (χ2n) is 6.56. The smallest absolute Gasteiger partial charge is 0.341 e. The number of hydrogen-bond acceptors (Lipinski definition) is 7. The summed E-state index contributed by atoms with van der Waals surface area (Å²) in [4.78, 5) is 17.2. The van der Waals surface area contributed by atoms with Crippen molar-refractivity contribution < 1.29 is 15.0 Å². The lowest BCUT2D eigenvalue weighted by Crippen LogP contribution is -2.39. The van der Waals surface area contributed by atoms with Crippen molar-refractivity contribution >= 4 is 56.1 Å². The molecule has 4 rings (SSSR count). The number of carboxylic acids is 1. The summed E-state index contributed by atoms with van der Waals surface area (Å²) in [7, 11) is 0. The van der Waals surface area contributed by atoms with E-state index in [2.05, 4.69) is 35.9 Å². The number of hydrogen-bond donors (Lipinski definition) is 4. The van der Waals surface area contributed by atoms with Crippen molar-refractivity contribution in [2.45, 2.75) is 4.90 Å². The molecule has 29 heavy (non-hydrogen) atoms. The molecule has 150 valence electrons. The van der Waals surface area contributed by atoms with Crippen LogP contribution in [0.5, 0.6) is 5.75 Å². The Morgan fingerprint density at radius 3 is 2.79 bits per heavy atom. The maximum absolute atomic E-state index is 11.7. The molecule has 0 unspecified atom stereocenters. The number of nitrogens with zero attached hydrogens (tertiary/aromatic N) is 2. The molecule has 1 aliphatic heterocycles. The zero-order valence-corrected chi connectivity index (χ0v) is 17.8. The average Bonchev–Trinajstić information content (AvgIpc) is 2.70. The summed E-state index contributed by atoms with van der Waals surface area (Å²) in [5, 5.41) is 27.1. The predicted octanol–water partition coefficient (Wildman–Crippen LogP) is 4.06. The van der Waals surface area contributed by atoms with Crippen LogP contribution in [0, 0.1) is 0 Å². The Balaban J connectivity index is 1.82. The Bertz CT molecular complexity index is 1070. The van der Waals surface area contributed by atoms with Crippen molar-refractivity contribution in [2.75, 3.05) is 31.5 Å². The molecule has 0 saturated carbocycles. The van der Waals surface area contributed by atoms with Gasteiger partial charge in [0.15, 0.2) is 0 Å². The van der Waals surface area contributed by atoms with E-state index < -0.39 is 5.97 Å². The minimum absolute atomic E-state index is 0.161. The highest BCUT2D eigenvalue weighted by atomic mass is 79.9. The summed E-state index contributed by atoms with van der Waals surface area (Å²) in [5.41, 5.74) is 1.71. The number of aromatic nitrogens is 1. The monoisotopic (exact) mass is 474 g/mol. The topological polar surface area (TPSA) is 97.7 Å². The molecule has 0 radical (unpaired) electrons. The van der Waals surface area contributed by atoms with Crippen LogP contribution in [-0.2, 0) is 0 Å². The molecule has 0 atom stereocenters. The van der Waals surface area contributed by atoms with Gasteiger partial charge in [0.2, 0.25) is 0 Å². The van der Waals surface area contributed by atoms with Crippen molar-refractivity contribution in [3.8, 4) is 5.75 Å². The third-order valence-electron chi connectivity index (χ3n) is 4.61. The van der Waals surface area contributed by atoms with Gasteiger partial charge in [-0.1, -0.05) is 22.0 Å². The number of carbonyl (C=O) groups is 1. The van der Waals surface area contributed by atoms with E-state index in [1.54, 1.807) is 30.3 Å². The van der Waals surface area contributed by atoms with Crippen LogP contribution in [0.25, 0.3) is 10.9 Å². The maximum Gasteiger partial charge on any atom is 0.341 e. The van der Waals surface area contributed by atoms with Crippen molar-refractivity contribution in [1.82, 2.24) is 14.6 Å². The molecule has 3 aromatic rings. The molecule has 0 bridgehead atoms. The average molecular weight is 475 g/mol. The number of pyridine rings is 1.